The third-order valence-electron chi connectivity index (χ3n) is 2.74. The minimum Gasteiger partial charge on any atom is -0.481 e. The van der Waals surface area contributed by atoms with Gasteiger partial charge in [0.25, 0.3) is 0 Å². The lowest BCUT2D eigenvalue weighted by Crippen LogP contribution is -1.94. The summed E-state index contributed by atoms with van der Waals surface area (Å²) in [4.78, 5) is 10.3. The molecule has 0 fully saturated rings. The van der Waals surface area contributed by atoms with Gasteiger partial charge in [-0.15, -0.1) is 0 Å². The van der Waals surface area contributed by atoms with Crippen LogP contribution in [0.4, 0.5) is 0 Å². The molecule has 0 aromatic rings. The third kappa shape index (κ3) is 16.0. The molecule has 21 heavy (non-hydrogen) atoms. The Morgan fingerprint density at radius 2 is 1.81 bits per heavy atom. The topological polar surface area (TPSA) is 57.5 Å². The van der Waals surface area contributed by atoms with Crippen molar-refractivity contribution in [3.63, 3.8) is 0 Å². The van der Waals surface area contributed by atoms with Crippen LogP contribution in [0.15, 0.2) is 24.8 Å². The van der Waals surface area contributed by atoms with E-state index in [1.54, 1.807) is 0 Å². The van der Waals surface area contributed by atoms with Gasteiger partial charge in [-0.25, -0.2) is 0 Å². The van der Waals surface area contributed by atoms with Crippen molar-refractivity contribution in [1.82, 2.24) is 0 Å². The van der Waals surface area contributed by atoms with Crippen molar-refractivity contribution in [3.05, 3.63) is 24.8 Å². The highest BCUT2D eigenvalue weighted by Crippen LogP contribution is 2.07. The average Bonchev–Trinajstić information content (AvgIpc) is 2.46. The van der Waals surface area contributed by atoms with Gasteiger partial charge >= 0.3 is 5.97 Å². The van der Waals surface area contributed by atoms with Gasteiger partial charge in [0.2, 0.25) is 0 Å². The zero-order chi connectivity index (χ0) is 15.8. The van der Waals surface area contributed by atoms with Gasteiger partial charge in [-0.1, -0.05) is 55.9 Å². The molecule has 1 atom stereocenters. The normalized spacial score (nSPS) is 11.1. The first-order valence-corrected chi connectivity index (χ1v) is 7.32. The fourth-order valence-corrected chi connectivity index (χ4v) is 1.59. The zero-order valence-corrected chi connectivity index (χ0v) is 12.5. The summed E-state index contributed by atoms with van der Waals surface area (Å²) in [6, 6.07) is 0. The van der Waals surface area contributed by atoms with Crippen LogP contribution in [0.5, 0.6) is 0 Å². The molecular weight excluding hydrogens is 264 g/mol. The summed E-state index contributed by atoms with van der Waals surface area (Å²) in [5.74, 6) is 9.94. The minimum absolute atomic E-state index is 0.283. The van der Waals surface area contributed by atoms with Crippen LogP contribution in [0.25, 0.3) is 0 Å². The molecule has 0 aliphatic heterocycles. The van der Waals surface area contributed by atoms with Gasteiger partial charge in [-0.3, -0.25) is 4.79 Å². The molecule has 0 saturated heterocycles. The van der Waals surface area contributed by atoms with Crippen LogP contribution in [-0.2, 0) is 4.79 Å². The van der Waals surface area contributed by atoms with E-state index in [0.29, 0.717) is 6.42 Å². The summed E-state index contributed by atoms with van der Waals surface area (Å²) >= 11 is 0. The molecule has 3 heteroatoms. The van der Waals surface area contributed by atoms with Crippen LogP contribution in [0, 0.1) is 23.7 Å². The Balaban J connectivity index is 3.44. The lowest BCUT2D eigenvalue weighted by Gasteiger charge is -1.97. The summed E-state index contributed by atoms with van der Waals surface area (Å²) in [5, 5.41) is 17.5. The van der Waals surface area contributed by atoms with Gasteiger partial charge in [0.15, 0.2) is 0 Å². The number of allylic oxidation sites excluding steroid dienone is 2. The summed E-state index contributed by atoms with van der Waals surface area (Å²) < 4.78 is 0. The van der Waals surface area contributed by atoms with E-state index in [0.717, 1.165) is 38.5 Å². The Morgan fingerprint density at radius 3 is 2.52 bits per heavy atom. The molecule has 0 radical (unpaired) electrons. The Kier molecular flexibility index (Phi) is 13.1. The molecule has 0 spiro atoms. The molecule has 0 saturated carbocycles. The second-order valence-corrected chi connectivity index (χ2v) is 4.63. The number of hydrogen-bond acceptors (Lipinski definition) is 2. The van der Waals surface area contributed by atoms with Gasteiger partial charge < -0.3 is 10.2 Å². The number of rotatable bonds is 10. The standard InChI is InChI=1S/C18H24O3/c1-2-17(19)15-13-11-9-7-5-3-4-6-8-10-12-14-16-18(20)21/h2-3,5,17,19H,1,4,6-8,10,12,14,16H2,(H,20,21)/b5-3-. The molecular formula is C18H24O3. The van der Waals surface area contributed by atoms with E-state index in [4.69, 9.17) is 10.2 Å². The molecule has 0 rings (SSSR count). The van der Waals surface area contributed by atoms with Crippen LogP contribution < -0.4 is 0 Å². The lowest BCUT2D eigenvalue weighted by atomic mass is 10.1. The van der Waals surface area contributed by atoms with Crippen LogP contribution in [0.3, 0.4) is 0 Å². The van der Waals surface area contributed by atoms with Gasteiger partial charge in [0.1, 0.15) is 6.10 Å². The highest BCUT2D eigenvalue weighted by molar-refractivity contribution is 5.66. The van der Waals surface area contributed by atoms with Gasteiger partial charge in [0, 0.05) is 12.8 Å². The maximum Gasteiger partial charge on any atom is 0.303 e. The molecule has 0 aromatic carbocycles. The van der Waals surface area contributed by atoms with Crippen LogP contribution in [-0.4, -0.2) is 22.3 Å². The smallest absolute Gasteiger partial charge is 0.303 e. The van der Waals surface area contributed by atoms with E-state index in [1.807, 2.05) is 6.08 Å². The molecule has 0 aliphatic carbocycles. The second-order valence-electron chi connectivity index (χ2n) is 4.63. The van der Waals surface area contributed by atoms with Crippen LogP contribution in [0.2, 0.25) is 0 Å². The number of aliphatic hydroxyl groups is 1. The molecule has 0 amide bonds. The largest absolute Gasteiger partial charge is 0.481 e. The fourth-order valence-electron chi connectivity index (χ4n) is 1.59. The summed E-state index contributed by atoms with van der Waals surface area (Å²) in [5.41, 5.74) is 0. The monoisotopic (exact) mass is 288 g/mol. The molecule has 2 N–H and O–H groups in total. The Bertz CT molecular complexity index is 441. The first-order chi connectivity index (χ1) is 10.2. The van der Waals surface area contributed by atoms with Crippen LogP contribution in [0.1, 0.15) is 51.4 Å². The Morgan fingerprint density at radius 1 is 1.10 bits per heavy atom. The van der Waals surface area contributed by atoms with E-state index in [1.165, 1.54) is 6.08 Å². The quantitative estimate of drug-likeness (QED) is 0.368. The van der Waals surface area contributed by atoms with E-state index >= 15 is 0 Å². The van der Waals surface area contributed by atoms with Crippen molar-refractivity contribution in [2.75, 3.05) is 0 Å². The number of carbonyl (C=O) groups is 1. The van der Waals surface area contributed by atoms with E-state index < -0.39 is 12.1 Å². The predicted octanol–water partition coefficient (Wildman–Crippen LogP) is 3.30. The first kappa shape index (κ1) is 19.0. The first-order valence-electron chi connectivity index (χ1n) is 7.32. The van der Waals surface area contributed by atoms with Crippen LogP contribution >= 0.6 is 0 Å². The van der Waals surface area contributed by atoms with Crippen molar-refractivity contribution in [3.8, 4) is 23.7 Å². The zero-order valence-electron chi connectivity index (χ0n) is 12.5. The van der Waals surface area contributed by atoms with Gasteiger partial charge in [-0.05, 0) is 31.1 Å². The number of hydrogen-bond donors (Lipinski definition) is 2. The molecule has 114 valence electrons. The van der Waals surface area contributed by atoms with Crippen molar-refractivity contribution in [2.24, 2.45) is 0 Å². The number of carboxylic acids is 1. The summed E-state index contributed by atoms with van der Waals surface area (Å²) in [7, 11) is 0. The SMILES string of the molecule is C=CC(O)C#CC#CC/C=C\CCCCCCCC(=O)O. The molecule has 0 aromatic heterocycles. The van der Waals surface area contributed by atoms with Crippen molar-refractivity contribution >= 4 is 5.97 Å². The van der Waals surface area contributed by atoms with E-state index in [9.17, 15) is 4.79 Å². The molecule has 1 unspecified atom stereocenters. The maximum absolute atomic E-state index is 10.3. The third-order valence-corrected chi connectivity index (χ3v) is 2.74. The molecule has 3 nitrogen and oxygen atoms in total. The van der Waals surface area contributed by atoms with E-state index in [-0.39, 0.29) is 6.42 Å². The fraction of sp³-hybridized carbons (Fsp3) is 0.500. The predicted molar refractivity (Wildman–Crippen MR) is 85.5 cm³/mol. The summed E-state index contributed by atoms with van der Waals surface area (Å²) in [6.07, 6.45) is 11.8. The Labute approximate surface area is 127 Å². The van der Waals surface area contributed by atoms with Gasteiger partial charge in [0.05, 0.1) is 0 Å². The highest BCUT2D eigenvalue weighted by atomic mass is 16.4. The number of aliphatic carboxylic acids is 1. The number of carboxylic acid groups (broad SMARTS) is 1. The van der Waals surface area contributed by atoms with Gasteiger partial charge in [-0.2, -0.15) is 0 Å². The Hall–Kier alpha value is -1.97. The lowest BCUT2D eigenvalue weighted by molar-refractivity contribution is -0.137. The van der Waals surface area contributed by atoms with Crippen molar-refractivity contribution < 1.29 is 15.0 Å². The van der Waals surface area contributed by atoms with E-state index in [2.05, 4.69) is 36.3 Å². The maximum atomic E-state index is 10.3. The van der Waals surface area contributed by atoms with Crippen molar-refractivity contribution in [2.45, 2.75) is 57.5 Å². The summed E-state index contributed by atoms with van der Waals surface area (Å²) in [6.45, 7) is 3.41. The average molecular weight is 288 g/mol. The molecule has 0 bridgehead atoms. The number of aliphatic hydroxyl groups excluding tert-OH is 1. The second kappa shape index (κ2) is 14.4. The van der Waals surface area contributed by atoms with Crippen molar-refractivity contribution in [1.29, 1.82) is 0 Å². The molecule has 0 aliphatic rings. The molecule has 0 heterocycles. The minimum atomic E-state index is -0.801. The highest BCUT2D eigenvalue weighted by Gasteiger charge is 1.95. The number of unbranched alkanes of at least 4 members (excludes halogenated alkanes) is 5.